The summed E-state index contributed by atoms with van der Waals surface area (Å²) in [4.78, 5) is 64.3. The third-order valence-corrected chi connectivity index (χ3v) is 7.53. The smallest absolute Gasteiger partial charge is 0.351 e. The number of nitrogens with one attached hydrogen (secondary N) is 1. The van der Waals surface area contributed by atoms with E-state index in [4.69, 9.17) is 28.9 Å². The zero-order chi connectivity index (χ0) is 30.5. The Hall–Kier alpha value is -4.56. The quantitative estimate of drug-likeness (QED) is 0.333. The Kier molecular flexibility index (Phi) is 7.37. The molecule has 2 aliphatic heterocycles. The summed E-state index contributed by atoms with van der Waals surface area (Å²) in [6.07, 6.45) is -1.04. The first kappa shape index (κ1) is 29.0. The topological polar surface area (TPSA) is 162 Å². The van der Waals surface area contributed by atoms with Gasteiger partial charge in [0.15, 0.2) is 0 Å². The molecule has 0 saturated carbocycles. The van der Waals surface area contributed by atoms with Crippen LogP contribution in [0.3, 0.4) is 0 Å². The Morgan fingerprint density at radius 2 is 1.69 bits per heavy atom. The maximum atomic E-state index is 14.9. The van der Waals surface area contributed by atoms with Crippen molar-refractivity contribution < 1.29 is 33.1 Å². The van der Waals surface area contributed by atoms with Crippen molar-refractivity contribution in [1.82, 2.24) is 19.8 Å². The van der Waals surface area contributed by atoms with E-state index in [1.165, 1.54) is 31.2 Å². The fourth-order valence-corrected chi connectivity index (χ4v) is 5.52. The largest absolute Gasteiger partial charge is 0.478 e. The normalized spacial score (nSPS) is 16.7. The molecule has 12 nitrogen and oxygen atoms in total. The highest BCUT2D eigenvalue weighted by atomic mass is 35.5. The number of nitrogens with zero attached hydrogens (tertiary/aromatic N) is 5. The molecule has 16 heteroatoms. The summed E-state index contributed by atoms with van der Waals surface area (Å²) in [6, 6.07) is 5.31. The molecule has 4 heterocycles. The molecule has 1 aromatic carbocycles. The highest BCUT2D eigenvalue weighted by Gasteiger charge is 2.58. The van der Waals surface area contributed by atoms with Gasteiger partial charge < -0.3 is 16.2 Å². The van der Waals surface area contributed by atoms with Crippen molar-refractivity contribution in [3.8, 4) is 0 Å². The number of carboxylic acids is 1. The second kappa shape index (κ2) is 10.7. The standard InChI is InChI=1S/C26H21Cl2F2N7O5/c1-12(14-3-2-13(29)8-15(14)30)37-19-5-7-21(28)33-18(19)11-36(25(37)42)26(23(39)40,9-22(31)38)35-10-17-16(34-24(35)41)4-6-20(27)32-17/h2-8,12H,9-11H2,1H3,(H2,31,38)(H,34,41)(H,39,40)/t12-,26?/m0/s1. The van der Waals surface area contributed by atoms with Gasteiger partial charge in [-0.05, 0) is 37.3 Å². The van der Waals surface area contributed by atoms with Gasteiger partial charge in [0.1, 0.15) is 21.9 Å². The van der Waals surface area contributed by atoms with Gasteiger partial charge in [-0.1, -0.05) is 29.3 Å². The van der Waals surface area contributed by atoms with Crippen molar-refractivity contribution in [1.29, 1.82) is 0 Å². The zero-order valence-electron chi connectivity index (χ0n) is 21.6. The van der Waals surface area contributed by atoms with E-state index in [0.717, 1.165) is 26.8 Å². The van der Waals surface area contributed by atoms with Crippen LogP contribution in [0.15, 0.2) is 42.5 Å². The SMILES string of the molecule is C[C@@H](c1ccc(F)cc1F)N1C(=O)N(C(CC(N)=O)(C(=O)O)N2Cc3nc(Cl)ccc3NC2=O)Cc2nc(Cl)ccc21. The number of rotatable bonds is 7. The monoisotopic (exact) mass is 619 g/mol. The van der Waals surface area contributed by atoms with Crippen molar-refractivity contribution in [2.75, 3.05) is 10.2 Å². The van der Waals surface area contributed by atoms with E-state index in [9.17, 15) is 33.1 Å². The number of pyridine rings is 2. The molecule has 2 aromatic heterocycles. The highest BCUT2D eigenvalue weighted by Crippen LogP contribution is 2.42. The van der Waals surface area contributed by atoms with E-state index >= 15 is 0 Å². The Morgan fingerprint density at radius 3 is 2.33 bits per heavy atom. The van der Waals surface area contributed by atoms with Crippen LogP contribution < -0.4 is 16.0 Å². The van der Waals surface area contributed by atoms with Crippen LogP contribution in [0, 0.1) is 11.6 Å². The summed E-state index contributed by atoms with van der Waals surface area (Å²) in [5, 5.41) is 13.2. The van der Waals surface area contributed by atoms with Gasteiger partial charge in [0.05, 0.1) is 48.3 Å². The molecular weight excluding hydrogens is 599 g/mol. The molecular formula is C26H21Cl2F2N7O5. The van der Waals surface area contributed by atoms with Crippen molar-refractivity contribution in [3.05, 3.63) is 81.4 Å². The lowest BCUT2D eigenvalue weighted by molar-refractivity contribution is -0.165. The zero-order valence-corrected chi connectivity index (χ0v) is 23.2. The number of halogens is 4. The predicted octanol–water partition coefficient (Wildman–Crippen LogP) is 4.27. The predicted molar refractivity (Wildman–Crippen MR) is 145 cm³/mol. The molecule has 2 aliphatic rings. The number of hydrogen-bond donors (Lipinski definition) is 3. The van der Waals surface area contributed by atoms with E-state index < -0.39 is 66.8 Å². The number of carbonyl (C=O) groups is 4. The van der Waals surface area contributed by atoms with Gasteiger partial charge >= 0.3 is 18.0 Å². The molecule has 0 saturated heterocycles. The molecule has 0 fully saturated rings. The number of carboxylic acid groups (broad SMARTS) is 1. The third kappa shape index (κ3) is 4.81. The number of aromatic nitrogens is 2. The third-order valence-electron chi connectivity index (χ3n) is 7.11. The molecule has 5 rings (SSSR count). The molecule has 3 aromatic rings. The average molecular weight is 620 g/mol. The molecule has 2 atom stereocenters. The first-order valence-corrected chi connectivity index (χ1v) is 13.1. The van der Waals surface area contributed by atoms with Crippen molar-refractivity contribution in [3.63, 3.8) is 0 Å². The van der Waals surface area contributed by atoms with Crippen LogP contribution in [0.2, 0.25) is 10.3 Å². The Morgan fingerprint density at radius 1 is 1.05 bits per heavy atom. The number of primary amides is 1. The molecule has 218 valence electrons. The minimum Gasteiger partial charge on any atom is -0.478 e. The summed E-state index contributed by atoms with van der Waals surface area (Å²) in [6.45, 7) is 0.411. The molecule has 0 aliphatic carbocycles. The van der Waals surface area contributed by atoms with Gasteiger partial charge in [0.2, 0.25) is 11.6 Å². The van der Waals surface area contributed by atoms with Gasteiger partial charge in [-0.2, -0.15) is 0 Å². The summed E-state index contributed by atoms with van der Waals surface area (Å²) < 4.78 is 28.6. The van der Waals surface area contributed by atoms with Crippen LogP contribution in [-0.4, -0.2) is 54.5 Å². The first-order chi connectivity index (χ1) is 19.8. The van der Waals surface area contributed by atoms with E-state index in [1.807, 2.05) is 0 Å². The van der Waals surface area contributed by atoms with Crippen molar-refractivity contribution in [2.24, 2.45) is 5.73 Å². The molecule has 5 amide bonds. The van der Waals surface area contributed by atoms with Crippen LogP contribution in [0.5, 0.6) is 0 Å². The number of hydrogen-bond acceptors (Lipinski definition) is 6. The van der Waals surface area contributed by atoms with Crippen LogP contribution in [0.4, 0.5) is 29.7 Å². The highest BCUT2D eigenvalue weighted by molar-refractivity contribution is 6.29. The lowest BCUT2D eigenvalue weighted by Crippen LogP contribution is -2.72. The molecule has 1 unspecified atom stereocenters. The Labute approximate surface area is 246 Å². The number of amides is 5. The summed E-state index contributed by atoms with van der Waals surface area (Å²) in [5.74, 6) is -4.74. The van der Waals surface area contributed by atoms with Crippen molar-refractivity contribution in [2.45, 2.75) is 38.1 Å². The Bertz CT molecular complexity index is 1660. The number of anilines is 2. The number of fused-ring (bicyclic) bond motifs is 2. The number of carbonyl (C=O) groups excluding carboxylic acids is 3. The summed E-state index contributed by atoms with van der Waals surface area (Å²) in [7, 11) is 0. The minimum atomic E-state index is -2.73. The van der Waals surface area contributed by atoms with Gasteiger partial charge in [0.25, 0.3) is 0 Å². The van der Waals surface area contributed by atoms with E-state index in [-0.39, 0.29) is 38.6 Å². The maximum absolute atomic E-state index is 14.9. The van der Waals surface area contributed by atoms with Gasteiger partial charge in [0, 0.05) is 11.6 Å². The second-order valence-electron chi connectivity index (χ2n) is 9.59. The van der Waals surface area contributed by atoms with Crippen LogP contribution in [-0.2, 0) is 22.7 Å². The average Bonchev–Trinajstić information content (AvgIpc) is 2.91. The number of nitrogens with two attached hydrogens (primary N) is 1. The van der Waals surface area contributed by atoms with Crippen molar-refractivity contribution >= 4 is 58.5 Å². The number of aliphatic carboxylic acids is 1. The molecule has 0 spiro atoms. The maximum Gasteiger partial charge on any atom is 0.351 e. The van der Waals surface area contributed by atoms with E-state index in [2.05, 4.69) is 15.3 Å². The summed E-state index contributed by atoms with van der Waals surface area (Å²) in [5.41, 5.74) is 3.30. The lowest BCUT2D eigenvalue weighted by Gasteiger charge is -2.51. The van der Waals surface area contributed by atoms with Crippen LogP contribution in [0.25, 0.3) is 0 Å². The lowest BCUT2D eigenvalue weighted by atomic mass is 9.96. The van der Waals surface area contributed by atoms with E-state index in [0.29, 0.717) is 6.07 Å². The van der Waals surface area contributed by atoms with Gasteiger partial charge in [-0.25, -0.2) is 33.1 Å². The molecule has 4 N–H and O–H groups in total. The first-order valence-electron chi connectivity index (χ1n) is 12.3. The fraction of sp³-hybridized carbons (Fsp3) is 0.231. The fourth-order valence-electron chi connectivity index (χ4n) is 5.19. The van der Waals surface area contributed by atoms with E-state index in [1.54, 1.807) is 0 Å². The number of benzene rings is 1. The second-order valence-corrected chi connectivity index (χ2v) is 10.4. The Balaban J connectivity index is 1.70. The minimum absolute atomic E-state index is 0.0112. The van der Waals surface area contributed by atoms with Crippen LogP contribution >= 0.6 is 23.2 Å². The number of urea groups is 2. The molecule has 42 heavy (non-hydrogen) atoms. The van der Waals surface area contributed by atoms with Crippen LogP contribution in [0.1, 0.15) is 36.3 Å². The summed E-state index contributed by atoms with van der Waals surface area (Å²) >= 11 is 12.2. The van der Waals surface area contributed by atoms with Gasteiger partial charge in [-0.3, -0.25) is 19.5 Å². The molecule has 0 radical (unpaired) electrons. The molecule has 0 bridgehead atoms. The van der Waals surface area contributed by atoms with Gasteiger partial charge in [-0.15, -0.1) is 0 Å².